The Kier molecular flexibility index (Phi) is 4.92. The number of allylic oxidation sites excluding steroid dienone is 1. The highest BCUT2D eigenvalue weighted by Crippen LogP contribution is 2.36. The average molecular weight is 396 g/mol. The van der Waals surface area contributed by atoms with Gasteiger partial charge in [0.15, 0.2) is 0 Å². The van der Waals surface area contributed by atoms with Gasteiger partial charge in [-0.1, -0.05) is 12.1 Å². The van der Waals surface area contributed by atoms with Crippen molar-refractivity contribution in [2.24, 2.45) is 17.2 Å². The third kappa shape index (κ3) is 3.65. The fourth-order valence-electron chi connectivity index (χ4n) is 4.36. The van der Waals surface area contributed by atoms with Crippen LogP contribution in [0.15, 0.2) is 60.3 Å². The summed E-state index contributed by atoms with van der Waals surface area (Å²) < 4.78 is 13.7. The van der Waals surface area contributed by atoms with Crippen molar-refractivity contribution < 1.29 is 9.50 Å². The van der Waals surface area contributed by atoms with Crippen LogP contribution in [0, 0.1) is 5.82 Å². The van der Waals surface area contributed by atoms with Crippen LogP contribution in [0.4, 0.5) is 10.1 Å². The number of nitrogens with two attached hydrogens (primary N) is 3. The van der Waals surface area contributed by atoms with Crippen LogP contribution in [-0.4, -0.2) is 40.2 Å². The first-order chi connectivity index (χ1) is 13.9. The lowest BCUT2D eigenvalue weighted by molar-refractivity contribution is 0.277. The fourth-order valence-corrected chi connectivity index (χ4v) is 4.36. The Morgan fingerprint density at radius 2 is 1.79 bits per heavy atom. The molecule has 0 spiro atoms. The number of halogens is 1. The lowest BCUT2D eigenvalue weighted by atomic mass is 10.1. The maximum atomic E-state index is 13.7. The number of nitrogens with zero attached hydrogens (tertiary/aromatic N) is 3. The summed E-state index contributed by atoms with van der Waals surface area (Å²) in [6.45, 7) is 1.37. The highest BCUT2D eigenvalue weighted by molar-refractivity contribution is 5.70. The minimum atomic E-state index is -0.338. The summed E-state index contributed by atoms with van der Waals surface area (Å²) in [5, 5.41) is 10.1. The van der Waals surface area contributed by atoms with E-state index in [1.54, 1.807) is 36.5 Å². The molecule has 3 heterocycles. The predicted molar refractivity (Wildman–Crippen MR) is 111 cm³/mol. The monoisotopic (exact) mass is 396 g/mol. The number of aromatic hydroxyl groups is 1. The molecule has 2 aliphatic heterocycles. The summed E-state index contributed by atoms with van der Waals surface area (Å²) >= 11 is 0. The lowest BCUT2D eigenvalue weighted by Gasteiger charge is -2.43. The number of pyridine rings is 1. The van der Waals surface area contributed by atoms with E-state index in [-0.39, 0.29) is 29.5 Å². The van der Waals surface area contributed by atoms with Gasteiger partial charge in [0.05, 0.1) is 23.8 Å². The predicted octanol–water partition coefficient (Wildman–Crippen LogP) is 1.67. The first-order valence-electron chi connectivity index (χ1n) is 9.58. The van der Waals surface area contributed by atoms with Gasteiger partial charge >= 0.3 is 0 Å². The number of hydrogen-bond acceptors (Lipinski definition) is 7. The van der Waals surface area contributed by atoms with Crippen LogP contribution in [0.5, 0.6) is 5.75 Å². The van der Waals surface area contributed by atoms with Gasteiger partial charge in [0.25, 0.3) is 0 Å². The number of anilines is 1. The number of hydrogen-bond donors (Lipinski definition) is 4. The number of fused-ring (bicyclic) bond motifs is 2. The maximum Gasteiger partial charge on any atom is 0.143 e. The molecule has 2 fully saturated rings. The Morgan fingerprint density at radius 1 is 1.10 bits per heavy atom. The van der Waals surface area contributed by atoms with E-state index in [1.165, 1.54) is 12.3 Å². The summed E-state index contributed by atoms with van der Waals surface area (Å²) in [7, 11) is 0. The van der Waals surface area contributed by atoms with E-state index in [1.807, 2.05) is 0 Å². The first kappa shape index (κ1) is 18.9. The molecule has 2 unspecified atom stereocenters. The second-order valence-corrected chi connectivity index (χ2v) is 7.52. The molecule has 7 N–H and O–H groups in total. The highest BCUT2D eigenvalue weighted by Gasteiger charge is 2.40. The number of phenolic OH excluding ortho intramolecular Hbond substituents is 1. The molecule has 29 heavy (non-hydrogen) atoms. The molecule has 7 nitrogen and oxygen atoms in total. The summed E-state index contributed by atoms with van der Waals surface area (Å²) in [6, 6.07) is 8.78. The molecule has 8 heteroatoms. The van der Waals surface area contributed by atoms with E-state index in [0.717, 1.165) is 18.5 Å². The second-order valence-electron chi connectivity index (χ2n) is 7.52. The van der Waals surface area contributed by atoms with E-state index < -0.39 is 0 Å². The van der Waals surface area contributed by atoms with Crippen molar-refractivity contribution in [2.45, 2.75) is 24.9 Å². The van der Waals surface area contributed by atoms with Crippen molar-refractivity contribution in [3.63, 3.8) is 0 Å². The molecule has 4 rings (SSSR count). The van der Waals surface area contributed by atoms with Crippen LogP contribution >= 0.6 is 0 Å². The molecule has 0 aliphatic carbocycles. The number of para-hydroxylation sites is 1. The third-order valence-electron chi connectivity index (χ3n) is 5.61. The van der Waals surface area contributed by atoms with E-state index in [9.17, 15) is 9.50 Å². The van der Waals surface area contributed by atoms with Gasteiger partial charge in [0, 0.05) is 42.5 Å². The average Bonchev–Trinajstić information content (AvgIpc) is 2.96. The molecular formula is C21H25FN6O. The zero-order valence-corrected chi connectivity index (χ0v) is 16.0. The van der Waals surface area contributed by atoms with Crippen molar-refractivity contribution in [2.75, 3.05) is 18.0 Å². The number of aromatic nitrogens is 1. The van der Waals surface area contributed by atoms with E-state index in [4.69, 9.17) is 17.2 Å². The van der Waals surface area contributed by atoms with Crippen LogP contribution < -0.4 is 22.1 Å². The molecule has 2 bridgehead atoms. The molecule has 2 saturated heterocycles. The Morgan fingerprint density at radius 3 is 2.41 bits per heavy atom. The van der Waals surface area contributed by atoms with Crippen LogP contribution in [0.25, 0.3) is 5.70 Å². The maximum absolute atomic E-state index is 13.7. The number of rotatable bonds is 4. The van der Waals surface area contributed by atoms with Gasteiger partial charge in [-0.05, 0) is 31.1 Å². The van der Waals surface area contributed by atoms with E-state index >= 15 is 0 Å². The van der Waals surface area contributed by atoms with Crippen LogP contribution in [-0.2, 0) is 0 Å². The van der Waals surface area contributed by atoms with Gasteiger partial charge in [0.1, 0.15) is 17.4 Å². The lowest BCUT2D eigenvalue weighted by Crippen LogP contribution is -2.54. The summed E-state index contributed by atoms with van der Waals surface area (Å²) in [5.74, 6) is -0.0715. The summed E-state index contributed by atoms with van der Waals surface area (Å²) in [5.41, 5.74) is 20.6. The Hall–Kier alpha value is -3.42. The third-order valence-corrected chi connectivity index (χ3v) is 5.61. The zero-order valence-electron chi connectivity index (χ0n) is 16.0. The molecule has 1 aromatic heterocycles. The van der Waals surface area contributed by atoms with Gasteiger partial charge < -0.3 is 32.1 Å². The second kappa shape index (κ2) is 7.54. The molecule has 152 valence electrons. The molecule has 2 aromatic rings. The Balaban J connectivity index is 1.59. The van der Waals surface area contributed by atoms with Crippen LogP contribution in [0.1, 0.15) is 18.4 Å². The van der Waals surface area contributed by atoms with E-state index in [0.29, 0.717) is 30.0 Å². The number of likely N-dealkylation sites (tertiary alicyclic amines) is 1. The quantitative estimate of drug-likeness (QED) is 0.581. The molecule has 0 amide bonds. The molecule has 2 aliphatic rings. The summed E-state index contributed by atoms with van der Waals surface area (Å²) in [6.07, 6.45) is 6.61. The topological polar surface area (TPSA) is 118 Å². The van der Waals surface area contributed by atoms with Gasteiger partial charge in [-0.3, -0.25) is 4.98 Å². The van der Waals surface area contributed by atoms with E-state index in [2.05, 4.69) is 14.8 Å². The van der Waals surface area contributed by atoms with Gasteiger partial charge in [-0.2, -0.15) is 0 Å². The smallest absolute Gasteiger partial charge is 0.143 e. The highest BCUT2D eigenvalue weighted by atomic mass is 19.1. The molecule has 0 radical (unpaired) electrons. The van der Waals surface area contributed by atoms with Gasteiger partial charge in [-0.15, -0.1) is 0 Å². The fraction of sp³-hybridized carbons (Fsp3) is 0.286. The van der Waals surface area contributed by atoms with Crippen LogP contribution in [0.2, 0.25) is 0 Å². The van der Waals surface area contributed by atoms with Gasteiger partial charge in [0.2, 0.25) is 0 Å². The van der Waals surface area contributed by atoms with Crippen molar-refractivity contribution in [1.82, 2.24) is 9.88 Å². The van der Waals surface area contributed by atoms with Crippen molar-refractivity contribution in [3.8, 4) is 5.75 Å². The van der Waals surface area contributed by atoms with Gasteiger partial charge in [-0.25, -0.2) is 4.39 Å². The molecule has 0 saturated carbocycles. The standard InChI is InChI=1S/C21H25FN6O/c22-13-7-16(10-26-9-13)28-14-5-6-15(28)12-27(11-14)19(21(24)25)8-18(23)17-3-1-2-4-20(17)29/h1-4,7-10,14-15,29H,5-6,11-12,23-25H2/b18-8-. The molecule has 1 aromatic carbocycles. The Labute approximate surface area is 168 Å². The zero-order chi connectivity index (χ0) is 20.5. The minimum Gasteiger partial charge on any atom is -0.507 e. The minimum absolute atomic E-state index is 0.0969. The number of phenols is 1. The van der Waals surface area contributed by atoms with Crippen molar-refractivity contribution in [1.29, 1.82) is 0 Å². The SMILES string of the molecule is NC(N)=C(/C=C(\N)c1ccccc1O)N1CC2CCC(C1)N2c1cncc(F)c1. The van der Waals surface area contributed by atoms with Crippen LogP contribution in [0.3, 0.4) is 0 Å². The molecular weight excluding hydrogens is 371 g/mol. The van der Waals surface area contributed by atoms with Crippen molar-refractivity contribution in [3.05, 3.63) is 71.7 Å². The first-order valence-corrected chi connectivity index (χ1v) is 9.58. The normalized spacial score (nSPS) is 21.3. The Bertz CT molecular complexity index is 957. The number of benzene rings is 1. The van der Waals surface area contributed by atoms with Crippen molar-refractivity contribution >= 4 is 11.4 Å². The number of piperazine rings is 1. The largest absolute Gasteiger partial charge is 0.507 e. The molecule has 2 atom stereocenters. The summed E-state index contributed by atoms with van der Waals surface area (Å²) in [4.78, 5) is 8.35.